The van der Waals surface area contributed by atoms with E-state index in [2.05, 4.69) is 0 Å². The highest BCUT2D eigenvalue weighted by molar-refractivity contribution is 6.17. The molecule has 2 rings (SSSR count). The molecule has 0 radical (unpaired) electrons. The van der Waals surface area contributed by atoms with Crippen LogP contribution >= 0.6 is 0 Å². The fraction of sp³-hybridized carbons (Fsp3) is 0.333. The van der Waals surface area contributed by atoms with Crippen LogP contribution in [0, 0.1) is 0 Å². The fourth-order valence-electron chi connectivity index (χ4n) is 1.89. The third kappa shape index (κ3) is 2.08. The Balaban J connectivity index is 2.38. The molecule has 0 bridgehead atoms. The number of carbonyl (C=O) groups excluding carboxylic acids is 2. The molecule has 0 unspecified atom stereocenters. The van der Waals surface area contributed by atoms with Crippen LogP contribution in [0.4, 0.5) is 11.4 Å². The summed E-state index contributed by atoms with van der Waals surface area (Å²) in [4.78, 5) is 24.6. The third-order valence-corrected chi connectivity index (χ3v) is 2.76. The summed E-state index contributed by atoms with van der Waals surface area (Å²) >= 11 is 0. The number of carbonyl (C=O) groups is 2. The molecule has 1 aliphatic heterocycles. The fourth-order valence-corrected chi connectivity index (χ4v) is 1.89. The molecule has 5 heteroatoms. The van der Waals surface area contributed by atoms with E-state index in [1.165, 1.54) is 7.11 Å². The van der Waals surface area contributed by atoms with Crippen molar-refractivity contribution >= 4 is 23.2 Å². The monoisotopic (exact) mass is 234 g/mol. The molecule has 1 fully saturated rings. The van der Waals surface area contributed by atoms with Crippen LogP contribution in [0.3, 0.4) is 0 Å². The summed E-state index contributed by atoms with van der Waals surface area (Å²) in [5, 5.41) is 0. The van der Waals surface area contributed by atoms with Gasteiger partial charge in [-0.25, -0.2) is 4.90 Å². The van der Waals surface area contributed by atoms with Crippen LogP contribution in [0.1, 0.15) is 19.3 Å². The molecular formula is C12H14N2O3. The van der Waals surface area contributed by atoms with Gasteiger partial charge in [-0.1, -0.05) is 0 Å². The molecule has 0 spiro atoms. The third-order valence-electron chi connectivity index (χ3n) is 2.76. The molecule has 1 heterocycles. The van der Waals surface area contributed by atoms with Gasteiger partial charge in [-0.15, -0.1) is 0 Å². The Morgan fingerprint density at radius 3 is 2.41 bits per heavy atom. The van der Waals surface area contributed by atoms with Crippen molar-refractivity contribution in [3.8, 4) is 5.75 Å². The summed E-state index contributed by atoms with van der Waals surface area (Å²) in [7, 11) is 1.53. The standard InChI is InChI=1S/C12H14N2O3/c1-17-8-5-6-10(9(13)7-8)14-11(15)3-2-4-12(14)16/h5-7H,2-4,13H2,1H3. The van der Waals surface area contributed by atoms with Crippen molar-refractivity contribution in [1.82, 2.24) is 0 Å². The molecule has 1 saturated heterocycles. The number of benzene rings is 1. The lowest BCUT2D eigenvalue weighted by atomic mass is 10.1. The van der Waals surface area contributed by atoms with E-state index in [4.69, 9.17) is 10.5 Å². The van der Waals surface area contributed by atoms with Gasteiger partial charge in [-0.05, 0) is 18.6 Å². The molecule has 0 aliphatic carbocycles. The van der Waals surface area contributed by atoms with Crippen molar-refractivity contribution in [3.05, 3.63) is 18.2 Å². The predicted molar refractivity (Wildman–Crippen MR) is 63.8 cm³/mol. The summed E-state index contributed by atoms with van der Waals surface area (Å²) < 4.78 is 5.02. The number of piperidine rings is 1. The van der Waals surface area contributed by atoms with Crippen LogP contribution in [-0.2, 0) is 9.59 Å². The minimum absolute atomic E-state index is 0.196. The van der Waals surface area contributed by atoms with Gasteiger partial charge in [0.15, 0.2) is 0 Å². The summed E-state index contributed by atoms with van der Waals surface area (Å²) in [6.45, 7) is 0. The second kappa shape index (κ2) is 4.45. The highest BCUT2D eigenvalue weighted by Crippen LogP contribution is 2.30. The molecule has 1 aliphatic rings. The van der Waals surface area contributed by atoms with Crippen LogP contribution in [0.15, 0.2) is 18.2 Å². The minimum Gasteiger partial charge on any atom is -0.497 e. The van der Waals surface area contributed by atoms with Gasteiger partial charge >= 0.3 is 0 Å². The number of anilines is 2. The molecule has 2 N–H and O–H groups in total. The van der Waals surface area contributed by atoms with E-state index in [0.29, 0.717) is 36.4 Å². The average molecular weight is 234 g/mol. The second-order valence-corrected chi connectivity index (χ2v) is 3.90. The Morgan fingerprint density at radius 2 is 1.88 bits per heavy atom. The Morgan fingerprint density at radius 1 is 1.24 bits per heavy atom. The van der Waals surface area contributed by atoms with Crippen molar-refractivity contribution in [1.29, 1.82) is 0 Å². The maximum absolute atomic E-state index is 11.7. The molecule has 0 saturated carbocycles. The van der Waals surface area contributed by atoms with E-state index < -0.39 is 0 Å². The molecule has 2 amide bonds. The first kappa shape index (κ1) is 11.4. The van der Waals surface area contributed by atoms with E-state index in [9.17, 15) is 9.59 Å². The van der Waals surface area contributed by atoms with Gasteiger partial charge in [0.1, 0.15) is 5.75 Å². The van der Waals surface area contributed by atoms with Crippen LogP contribution in [0.5, 0.6) is 5.75 Å². The van der Waals surface area contributed by atoms with E-state index in [-0.39, 0.29) is 11.8 Å². The van der Waals surface area contributed by atoms with E-state index in [1.807, 2.05) is 0 Å². The zero-order valence-electron chi connectivity index (χ0n) is 9.60. The van der Waals surface area contributed by atoms with Gasteiger partial charge in [0.05, 0.1) is 18.5 Å². The summed E-state index contributed by atoms with van der Waals surface area (Å²) in [6, 6.07) is 4.92. The lowest BCUT2D eigenvalue weighted by Gasteiger charge is -2.26. The van der Waals surface area contributed by atoms with Crippen LogP contribution in [-0.4, -0.2) is 18.9 Å². The largest absolute Gasteiger partial charge is 0.497 e. The first-order chi connectivity index (χ1) is 8.13. The van der Waals surface area contributed by atoms with Crippen LogP contribution < -0.4 is 15.4 Å². The predicted octanol–water partition coefficient (Wildman–Crippen LogP) is 1.32. The SMILES string of the molecule is COc1ccc(N2C(=O)CCCC2=O)c(N)c1. The number of hydrogen-bond donors (Lipinski definition) is 1. The van der Waals surface area contributed by atoms with Crippen molar-refractivity contribution in [2.75, 3.05) is 17.7 Å². The molecule has 1 aromatic carbocycles. The molecule has 0 atom stereocenters. The maximum Gasteiger partial charge on any atom is 0.233 e. The number of methoxy groups -OCH3 is 1. The first-order valence-electron chi connectivity index (χ1n) is 5.43. The number of rotatable bonds is 2. The lowest BCUT2D eigenvalue weighted by molar-refractivity contribution is -0.129. The first-order valence-corrected chi connectivity index (χ1v) is 5.43. The van der Waals surface area contributed by atoms with Gasteiger partial charge < -0.3 is 10.5 Å². The van der Waals surface area contributed by atoms with Crippen molar-refractivity contribution in [2.45, 2.75) is 19.3 Å². The number of nitrogens with two attached hydrogens (primary N) is 1. The Kier molecular flexibility index (Phi) is 2.99. The molecule has 0 aromatic heterocycles. The quantitative estimate of drug-likeness (QED) is 0.618. The molecular weight excluding hydrogens is 220 g/mol. The van der Waals surface area contributed by atoms with Gasteiger partial charge in [0.2, 0.25) is 11.8 Å². The van der Waals surface area contributed by atoms with Gasteiger partial charge in [-0.2, -0.15) is 0 Å². The van der Waals surface area contributed by atoms with Crippen LogP contribution in [0.25, 0.3) is 0 Å². The zero-order chi connectivity index (χ0) is 12.4. The Bertz CT molecular complexity index is 455. The highest BCUT2D eigenvalue weighted by atomic mass is 16.5. The number of imide groups is 1. The van der Waals surface area contributed by atoms with Crippen molar-refractivity contribution in [3.63, 3.8) is 0 Å². The molecule has 90 valence electrons. The average Bonchev–Trinajstić information content (AvgIpc) is 2.30. The minimum atomic E-state index is -0.196. The topological polar surface area (TPSA) is 72.6 Å². The van der Waals surface area contributed by atoms with Crippen LogP contribution in [0.2, 0.25) is 0 Å². The normalized spacial score (nSPS) is 16.2. The number of hydrogen-bond acceptors (Lipinski definition) is 4. The highest BCUT2D eigenvalue weighted by Gasteiger charge is 2.28. The van der Waals surface area contributed by atoms with Gasteiger partial charge in [0.25, 0.3) is 0 Å². The number of nitrogens with zero attached hydrogens (tertiary/aromatic N) is 1. The molecule has 17 heavy (non-hydrogen) atoms. The number of nitrogen functional groups attached to an aromatic ring is 1. The molecule has 1 aromatic rings. The van der Waals surface area contributed by atoms with Gasteiger partial charge in [-0.3, -0.25) is 9.59 Å². The summed E-state index contributed by atoms with van der Waals surface area (Å²) in [6.07, 6.45) is 1.39. The maximum atomic E-state index is 11.7. The Hall–Kier alpha value is -2.04. The Labute approximate surface area is 99.2 Å². The summed E-state index contributed by atoms with van der Waals surface area (Å²) in [5.41, 5.74) is 6.64. The second-order valence-electron chi connectivity index (χ2n) is 3.90. The summed E-state index contributed by atoms with van der Waals surface area (Å²) in [5.74, 6) is 0.208. The molecule has 5 nitrogen and oxygen atoms in total. The van der Waals surface area contributed by atoms with E-state index in [1.54, 1.807) is 18.2 Å². The smallest absolute Gasteiger partial charge is 0.233 e. The lowest BCUT2D eigenvalue weighted by Crippen LogP contribution is -2.40. The zero-order valence-corrected chi connectivity index (χ0v) is 9.60. The van der Waals surface area contributed by atoms with E-state index >= 15 is 0 Å². The van der Waals surface area contributed by atoms with Crippen molar-refractivity contribution < 1.29 is 14.3 Å². The van der Waals surface area contributed by atoms with E-state index in [0.717, 1.165) is 4.90 Å². The van der Waals surface area contributed by atoms with Gasteiger partial charge in [0, 0.05) is 18.9 Å². The number of amides is 2. The number of ether oxygens (including phenoxy) is 1. The van der Waals surface area contributed by atoms with Crippen molar-refractivity contribution in [2.24, 2.45) is 0 Å².